The minimum absolute atomic E-state index is 0.0977. The van der Waals surface area contributed by atoms with Gasteiger partial charge >= 0.3 is 5.69 Å². The van der Waals surface area contributed by atoms with Gasteiger partial charge in [0.25, 0.3) is 0 Å². The fourth-order valence-corrected chi connectivity index (χ4v) is 6.50. The molecule has 1 aliphatic rings. The van der Waals surface area contributed by atoms with Crippen molar-refractivity contribution >= 4 is 64.7 Å². The number of hydrogen-bond acceptors (Lipinski definition) is 8. The van der Waals surface area contributed by atoms with Gasteiger partial charge in [-0.15, -0.1) is 0 Å². The third-order valence-electron chi connectivity index (χ3n) is 5.84. The SMILES string of the molecule is CN(C)/C=N/c1nc(=O)n([C@H]2CC(OCSSC(C)(C)C)[C@@H](CO[Si](C)(C)C(C)(C)C)O2)cc1I. The van der Waals surface area contributed by atoms with Crippen LogP contribution in [-0.4, -0.2) is 72.7 Å². The van der Waals surface area contributed by atoms with Crippen LogP contribution in [0.15, 0.2) is 16.0 Å². The molecule has 0 N–H and O–H groups in total. The van der Waals surface area contributed by atoms with E-state index in [1.54, 1.807) is 43.6 Å². The predicted molar refractivity (Wildman–Crippen MR) is 159 cm³/mol. The average molecular weight is 657 g/mol. The summed E-state index contributed by atoms with van der Waals surface area (Å²) in [6.07, 6.45) is 3.06. The average Bonchev–Trinajstić information content (AvgIpc) is 3.11. The summed E-state index contributed by atoms with van der Waals surface area (Å²) >= 11 is 2.15. The van der Waals surface area contributed by atoms with Gasteiger partial charge in [-0.05, 0) is 40.7 Å². The molecule has 8 nitrogen and oxygen atoms in total. The number of rotatable bonds is 10. The lowest BCUT2D eigenvalue weighted by atomic mass is 10.2. The van der Waals surface area contributed by atoms with Crippen LogP contribution in [0.3, 0.4) is 0 Å². The third-order valence-corrected chi connectivity index (χ3v) is 14.1. The Morgan fingerprint density at radius 1 is 1.31 bits per heavy atom. The predicted octanol–water partition coefficient (Wildman–Crippen LogP) is 5.90. The highest BCUT2D eigenvalue weighted by molar-refractivity contribution is 14.1. The summed E-state index contributed by atoms with van der Waals surface area (Å²) in [4.78, 5) is 23.1. The number of halogens is 1. The second kappa shape index (κ2) is 12.6. The van der Waals surface area contributed by atoms with Crippen LogP contribution in [0.25, 0.3) is 0 Å². The van der Waals surface area contributed by atoms with Gasteiger partial charge in [0.05, 0.1) is 22.6 Å². The number of ether oxygens (including phenoxy) is 2. The largest absolute Gasteiger partial charge is 0.414 e. The molecule has 1 unspecified atom stereocenters. The van der Waals surface area contributed by atoms with E-state index in [-0.39, 0.29) is 27.7 Å². The van der Waals surface area contributed by atoms with Crippen molar-refractivity contribution in [1.82, 2.24) is 14.5 Å². The minimum atomic E-state index is -1.96. The Balaban J connectivity index is 2.19. The van der Waals surface area contributed by atoms with E-state index in [4.69, 9.17) is 13.9 Å². The molecule has 1 saturated heterocycles. The van der Waals surface area contributed by atoms with Gasteiger partial charge < -0.3 is 18.8 Å². The molecular formula is C23H41IN4O4S2Si. The number of aliphatic imine (C=N–C) groups is 1. The molecule has 1 aromatic rings. The lowest BCUT2D eigenvalue weighted by molar-refractivity contribution is -0.0528. The zero-order valence-electron chi connectivity index (χ0n) is 22.6. The van der Waals surface area contributed by atoms with Gasteiger partial charge in [0.1, 0.15) is 18.3 Å². The standard InChI is InChI=1S/C23H41IN4O4S2Si/c1-22(2,3)34-33-15-30-17-11-19(32-18(17)13-31-35(9,10)23(4,5)6)28-12-16(24)20(26-21(28)29)25-14-27(7)8/h12,14,17-19H,11,13,15H2,1-10H3/b25-14+/t17?,18-,19-/m1/s1. The highest BCUT2D eigenvalue weighted by Crippen LogP contribution is 2.39. The first-order valence-corrected chi connectivity index (χ1v) is 18.0. The summed E-state index contributed by atoms with van der Waals surface area (Å²) in [7, 11) is 5.27. The lowest BCUT2D eigenvalue weighted by Gasteiger charge is -2.37. The van der Waals surface area contributed by atoms with E-state index in [0.29, 0.717) is 24.8 Å². The van der Waals surface area contributed by atoms with Crippen molar-refractivity contribution in [3.8, 4) is 0 Å². The van der Waals surface area contributed by atoms with Crippen LogP contribution in [0, 0.1) is 3.57 Å². The van der Waals surface area contributed by atoms with E-state index >= 15 is 0 Å². The van der Waals surface area contributed by atoms with Gasteiger partial charge in [0.2, 0.25) is 0 Å². The van der Waals surface area contributed by atoms with Crippen LogP contribution < -0.4 is 5.69 Å². The molecule has 12 heteroatoms. The highest BCUT2D eigenvalue weighted by Gasteiger charge is 2.42. The zero-order chi connectivity index (χ0) is 26.6. The van der Waals surface area contributed by atoms with E-state index in [2.05, 4.69) is 87.2 Å². The molecule has 2 rings (SSSR count). The van der Waals surface area contributed by atoms with Crippen molar-refractivity contribution in [2.24, 2.45) is 4.99 Å². The van der Waals surface area contributed by atoms with Crippen LogP contribution in [0.1, 0.15) is 54.2 Å². The first-order chi connectivity index (χ1) is 16.0. The minimum Gasteiger partial charge on any atom is -0.414 e. The Bertz CT molecular complexity index is 932. The molecule has 0 spiro atoms. The number of aromatic nitrogens is 2. The molecule has 0 aromatic carbocycles. The van der Waals surface area contributed by atoms with E-state index in [1.165, 1.54) is 0 Å². The molecule has 0 amide bonds. The van der Waals surface area contributed by atoms with Crippen LogP contribution in [0.5, 0.6) is 0 Å². The van der Waals surface area contributed by atoms with E-state index in [1.807, 2.05) is 14.1 Å². The summed E-state index contributed by atoms with van der Waals surface area (Å²) in [5, 5.41) is 0.0977. The Labute approximate surface area is 233 Å². The second-order valence-corrected chi connectivity index (χ2v) is 20.4. The van der Waals surface area contributed by atoms with Crippen LogP contribution in [0.2, 0.25) is 18.1 Å². The maximum atomic E-state index is 12.9. The van der Waals surface area contributed by atoms with Gasteiger partial charge in [0, 0.05) is 31.5 Å². The van der Waals surface area contributed by atoms with Crippen molar-refractivity contribution < 1.29 is 13.9 Å². The summed E-state index contributed by atoms with van der Waals surface area (Å²) in [6.45, 7) is 18.1. The van der Waals surface area contributed by atoms with Crippen molar-refractivity contribution in [3.63, 3.8) is 0 Å². The number of nitrogens with zero attached hydrogens (tertiary/aromatic N) is 4. The second-order valence-electron chi connectivity index (χ2n) is 11.4. The Morgan fingerprint density at radius 3 is 2.54 bits per heavy atom. The van der Waals surface area contributed by atoms with Crippen molar-refractivity contribution in [2.75, 3.05) is 26.6 Å². The third kappa shape index (κ3) is 9.60. The molecular weight excluding hydrogens is 615 g/mol. The molecule has 0 aliphatic carbocycles. The Morgan fingerprint density at radius 2 is 1.97 bits per heavy atom. The van der Waals surface area contributed by atoms with E-state index in [0.717, 1.165) is 3.57 Å². The van der Waals surface area contributed by atoms with Crippen LogP contribution in [-0.2, 0) is 13.9 Å². The molecule has 0 saturated carbocycles. The smallest absolute Gasteiger partial charge is 0.351 e. The highest BCUT2D eigenvalue weighted by atomic mass is 127. The zero-order valence-corrected chi connectivity index (χ0v) is 27.4. The van der Waals surface area contributed by atoms with Gasteiger partial charge in [-0.25, -0.2) is 9.79 Å². The summed E-state index contributed by atoms with van der Waals surface area (Å²) in [5.74, 6) is 0.946. The molecule has 1 aromatic heterocycles. The summed E-state index contributed by atoms with van der Waals surface area (Å²) in [5.41, 5.74) is -0.385. The first-order valence-electron chi connectivity index (χ1n) is 11.7. The van der Waals surface area contributed by atoms with Crippen molar-refractivity contribution in [2.45, 2.75) is 89.3 Å². The quantitative estimate of drug-likeness (QED) is 0.0586. The monoisotopic (exact) mass is 656 g/mol. The molecule has 1 fully saturated rings. The summed E-state index contributed by atoms with van der Waals surface area (Å²) < 4.78 is 21.6. The van der Waals surface area contributed by atoms with Crippen molar-refractivity contribution in [3.05, 3.63) is 20.3 Å². The topological polar surface area (TPSA) is 78.2 Å². The normalized spacial score (nSPS) is 21.7. The van der Waals surface area contributed by atoms with Gasteiger partial charge in [-0.1, -0.05) is 63.1 Å². The lowest BCUT2D eigenvalue weighted by Crippen LogP contribution is -2.44. The number of hydrogen-bond donors (Lipinski definition) is 0. The van der Waals surface area contributed by atoms with Gasteiger partial charge in [-0.2, -0.15) is 4.98 Å². The molecule has 200 valence electrons. The molecule has 35 heavy (non-hydrogen) atoms. The first kappa shape index (κ1) is 31.1. The van der Waals surface area contributed by atoms with Crippen LogP contribution in [0.4, 0.5) is 5.82 Å². The maximum Gasteiger partial charge on any atom is 0.351 e. The molecule has 3 atom stereocenters. The van der Waals surface area contributed by atoms with Crippen LogP contribution >= 0.6 is 44.2 Å². The molecule has 0 bridgehead atoms. The fourth-order valence-electron chi connectivity index (χ4n) is 2.92. The van der Waals surface area contributed by atoms with E-state index in [9.17, 15) is 4.79 Å². The van der Waals surface area contributed by atoms with Gasteiger partial charge in [0.15, 0.2) is 14.1 Å². The molecule has 1 aliphatic heterocycles. The molecule has 0 radical (unpaired) electrons. The Hall–Kier alpha value is -0.123. The van der Waals surface area contributed by atoms with Crippen molar-refractivity contribution in [1.29, 1.82) is 0 Å². The molecule has 2 heterocycles. The Kier molecular flexibility index (Phi) is 11.2. The summed E-state index contributed by atoms with van der Waals surface area (Å²) in [6, 6.07) is 0. The van der Waals surface area contributed by atoms with E-state index < -0.39 is 14.5 Å². The van der Waals surface area contributed by atoms with Gasteiger partial charge in [-0.3, -0.25) is 4.57 Å². The maximum absolute atomic E-state index is 12.9. The fraction of sp³-hybridized carbons (Fsp3) is 0.783.